The zero-order valence-electron chi connectivity index (χ0n) is 21.6. The molecule has 1 aromatic heterocycles. The first kappa shape index (κ1) is 27.4. The number of unbranched alkanes of at least 4 members (excludes halogenated alkanes) is 1. The quantitative estimate of drug-likeness (QED) is 0.360. The predicted molar refractivity (Wildman–Crippen MR) is 149 cm³/mol. The van der Waals surface area contributed by atoms with E-state index in [9.17, 15) is 14.9 Å². The number of thioether (sulfide) groups is 1. The van der Waals surface area contributed by atoms with E-state index in [0.29, 0.717) is 33.8 Å². The molecule has 1 unspecified atom stereocenters. The fourth-order valence-electron chi connectivity index (χ4n) is 4.76. The maximum Gasteiger partial charge on any atom is 0.270 e. The molecular formula is C26H37N5O2S2. The Kier molecular flexibility index (Phi) is 9.56. The summed E-state index contributed by atoms with van der Waals surface area (Å²) >= 11 is 6.94. The molecule has 0 N–H and O–H groups in total. The molecule has 3 heterocycles. The Morgan fingerprint density at radius 1 is 1.17 bits per heavy atom. The van der Waals surface area contributed by atoms with Crippen LogP contribution >= 0.6 is 24.0 Å². The Morgan fingerprint density at radius 3 is 2.43 bits per heavy atom. The van der Waals surface area contributed by atoms with Crippen molar-refractivity contribution >= 4 is 46.1 Å². The van der Waals surface area contributed by atoms with E-state index in [2.05, 4.69) is 36.8 Å². The number of carbonyl (C=O) groups is 1. The molecule has 1 aromatic rings. The highest BCUT2D eigenvalue weighted by atomic mass is 32.2. The number of nitrogens with zero attached hydrogens (tertiary/aromatic N) is 5. The van der Waals surface area contributed by atoms with Gasteiger partial charge in [0.15, 0.2) is 0 Å². The van der Waals surface area contributed by atoms with E-state index in [0.717, 1.165) is 63.2 Å². The average Bonchev–Trinajstić information content (AvgIpc) is 3.11. The summed E-state index contributed by atoms with van der Waals surface area (Å²) in [4.78, 5) is 33.4. The summed E-state index contributed by atoms with van der Waals surface area (Å²) in [5.41, 5.74) is 1.26. The second-order valence-electron chi connectivity index (χ2n) is 9.40. The number of hydrogen-bond donors (Lipinski definition) is 0. The van der Waals surface area contributed by atoms with E-state index in [1.807, 2.05) is 19.9 Å². The molecule has 35 heavy (non-hydrogen) atoms. The minimum absolute atomic E-state index is 0.0774. The van der Waals surface area contributed by atoms with Gasteiger partial charge in [0.25, 0.3) is 11.5 Å². The van der Waals surface area contributed by atoms with E-state index in [1.165, 1.54) is 11.8 Å². The molecule has 0 saturated carbocycles. The number of anilines is 1. The van der Waals surface area contributed by atoms with Gasteiger partial charge in [-0.3, -0.25) is 19.1 Å². The zero-order chi connectivity index (χ0) is 25.7. The Bertz CT molecular complexity index is 1100. The molecule has 0 radical (unpaired) electrons. The Labute approximate surface area is 218 Å². The van der Waals surface area contributed by atoms with Crippen LogP contribution in [0.4, 0.5) is 5.82 Å². The van der Waals surface area contributed by atoms with Crippen LogP contribution < -0.4 is 10.5 Å². The molecule has 190 valence electrons. The third-order valence-electron chi connectivity index (χ3n) is 7.10. The number of carbonyl (C=O) groups excluding carboxylic acids is 1. The van der Waals surface area contributed by atoms with Gasteiger partial charge in [0.2, 0.25) is 0 Å². The summed E-state index contributed by atoms with van der Waals surface area (Å²) < 4.78 is 2.26. The molecule has 2 saturated heterocycles. The summed E-state index contributed by atoms with van der Waals surface area (Å²) in [5, 5.41) is 9.77. The van der Waals surface area contributed by atoms with Crippen LogP contribution in [0.2, 0.25) is 0 Å². The van der Waals surface area contributed by atoms with Gasteiger partial charge in [0.05, 0.1) is 4.91 Å². The molecule has 2 fully saturated rings. The van der Waals surface area contributed by atoms with Crippen LogP contribution in [0.5, 0.6) is 0 Å². The van der Waals surface area contributed by atoms with Gasteiger partial charge in [-0.05, 0) is 44.9 Å². The molecule has 1 atom stereocenters. The van der Waals surface area contributed by atoms with E-state index in [4.69, 9.17) is 12.2 Å². The van der Waals surface area contributed by atoms with E-state index < -0.39 is 0 Å². The van der Waals surface area contributed by atoms with E-state index in [1.54, 1.807) is 9.47 Å². The van der Waals surface area contributed by atoms with Crippen molar-refractivity contribution < 1.29 is 4.79 Å². The minimum Gasteiger partial charge on any atom is -0.355 e. The van der Waals surface area contributed by atoms with Crippen molar-refractivity contribution in [2.45, 2.75) is 59.9 Å². The number of likely N-dealkylation sites (N-methyl/N-ethyl adjacent to an activating group) is 1. The van der Waals surface area contributed by atoms with Gasteiger partial charge in [-0.25, -0.2) is 0 Å². The number of thiocarbonyl (C=S) groups is 1. The van der Waals surface area contributed by atoms with Crippen LogP contribution in [0, 0.1) is 24.2 Å². The van der Waals surface area contributed by atoms with Gasteiger partial charge in [-0.2, -0.15) is 5.26 Å². The maximum atomic E-state index is 13.5. The second kappa shape index (κ2) is 12.2. The van der Waals surface area contributed by atoms with Gasteiger partial charge in [-0.1, -0.05) is 57.1 Å². The highest BCUT2D eigenvalue weighted by molar-refractivity contribution is 8.26. The molecule has 0 spiro atoms. The van der Waals surface area contributed by atoms with Gasteiger partial charge in [0.1, 0.15) is 21.8 Å². The SMILES string of the molecule is CCCCC(CC)CN1C(=O)C(=Cc2c(C)c(C#N)c(=O)n(CC)c2N2CCN(C)CC2)SC1=S. The minimum atomic E-state index is -0.271. The number of nitriles is 1. The topological polar surface area (TPSA) is 72.6 Å². The lowest BCUT2D eigenvalue weighted by Crippen LogP contribution is -2.47. The van der Waals surface area contributed by atoms with Gasteiger partial charge < -0.3 is 9.80 Å². The lowest BCUT2D eigenvalue weighted by molar-refractivity contribution is -0.122. The summed E-state index contributed by atoms with van der Waals surface area (Å²) in [6.45, 7) is 12.5. The Hall–Kier alpha value is -2.15. The third kappa shape index (κ3) is 5.82. The highest BCUT2D eigenvalue weighted by Gasteiger charge is 2.34. The molecule has 1 amide bonds. The number of amides is 1. The van der Waals surface area contributed by atoms with E-state index >= 15 is 0 Å². The molecule has 0 bridgehead atoms. The van der Waals surface area contributed by atoms with Crippen molar-refractivity contribution in [3.63, 3.8) is 0 Å². The normalized spacial score (nSPS) is 19.0. The van der Waals surface area contributed by atoms with Crippen LogP contribution in [0.3, 0.4) is 0 Å². The lowest BCUT2D eigenvalue weighted by Gasteiger charge is -2.36. The van der Waals surface area contributed by atoms with Gasteiger partial charge in [0, 0.05) is 44.8 Å². The average molecular weight is 516 g/mol. The van der Waals surface area contributed by atoms with Gasteiger partial charge in [-0.15, -0.1) is 0 Å². The molecule has 2 aliphatic heterocycles. The zero-order valence-corrected chi connectivity index (χ0v) is 23.2. The molecular weight excluding hydrogens is 478 g/mol. The number of piperazine rings is 1. The first-order valence-electron chi connectivity index (χ1n) is 12.6. The summed E-state index contributed by atoms with van der Waals surface area (Å²) in [6.07, 6.45) is 6.24. The van der Waals surface area contributed by atoms with Crippen molar-refractivity contribution in [2.24, 2.45) is 5.92 Å². The van der Waals surface area contributed by atoms with Crippen molar-refractivity contribution in [1.82, 2.24) is 14.4 Å². The smallest absolute Gasteiger partial charge is 0.270 e. The van der Waals surface area contributed by atoms with Crippen LogP contribution in [0.15, 0.2) is 9.70 Å². The predicted octanol–water partition coefficient (Wildman–Crippen LogP) is 4.22. The van der Waals surface area contributed by atoms with E-state index in [-0.39, 0.29) is 17.0 Å². The largest absolute Gasteiger partial charge is 0.355 e. The monoisotopic (exact) mass is 515 g/mol. The van der Waals surface area contributed by atoms with Crippen LogP contribution in [0.1, 0.15) is 63.1 Å². The number of hydrogen-bond acceptors (Lipinski definition) is 7. The fourth-order valence-corrected chi connectivity index (χ4v) is 6.02. The molecule has 0 aliphatic carbocycles. The molecule has 0 aromatic carbocycles. The van der Waals surface area contributed by atoms with Crippen molar-refractivity contribution in [3.05, 3.63) is 31.9 Å². The molecule has 9 heteroatoms. The maximum absolute atomic E-state index is 13.5. The third-order valence-corrected chi connectivity index (χ3v) is 8.48. The first-order chi connectivity index (χ1) is 16.8. The Morgan fingerprint density at radius 2 is 1.86 bits per heavy atom. The van der Waals surface area contributed by atoms with Crippen LogP contribution in [0.25, 0.3) is 6.08 Å². The van der Waals surface area contributed by atoms with Crippen molar-refractivity contribution in [2.75, 3.05) is 44.7 Å². The molecule has 2 aliphatic rings. The van der Waals surface area contributed by atoms with Crippen LogP contribution in [-0.2, 0) is 11.3 Å². The summed E-state index contributed by atoms with van der Waals surface area (Å²) in [5.74, 6) is 1.14. The number of aromatic nitrogens is 1. The lowest BCUT2D eigenvalue weighted by atomic mass is 9.99. The van der Waals surface area contributed by atoms with Crippen molar-refractivity contribution in [3.8, 4) is 6.07 Å². The van der Waals surface area contributed by atoms with Crippen LogP contribution in [-0.4, -0.2) is 64.4 Å². The summed E-state index contributed by atoms with van der Waals surface area (Å²) in [6, 6.07) is 2.11. The summed E-state index contributed by atoms with van der Waals surface area (Å²) in [7, 11) is 2.09. The molecule has 7 nitrogen and oxygen atoms in total. The van der Waals surface area contributed by atoms with Crippen molar-refractivity contribution in [1.29, 1.82) is 5.26 Å². The highest BCUT2D eigenvalue weighted by Crippen LogP contribution is 2.37. The fraction of sp³-hybridized carbons (Fsp3) is 0.615. The molecule has 3 rings (SSSR count). The second-order valence-corrected chi connectivity index (χ2v) is 11.1. The van der Waals surface area contributed by atoms with Gasteiger partial charge >= 0.3 is 0 Å². The standard InChI is InChI=1S/C26H37N5O2S2/c1-6-9-10-19(7-2)17-31-25(33)22(35-26(31)34)15-20-18(4)21(16-27)24(32)30(8-3)23(20)29-13-11-28(5)12-14-29/h15,19H,6-14,17H2,1-5H3. The number of pyridine rings is 1. The Balaban J connectivity index is 2.06. The number of rotatable bonds is 9. The first-order valence-corrected chi connectivity index (χ1v) is 13.9.